The van der Waals surface area contributed by atoms with Crippen molar-refractivity contribution >= 4 is 27.6 Å². The van der Waals surface area contributed by atoms with E-state index in [1.54, 1.807) is 6.92 Å². The Morgan fingerprint density at radius 1 is 0.576 bits per heavy atom. The summed E-state index contributed by atoms with van der Waals surface area (Å²) in [6, 6.07) is 0. The number of unbranched alkanes of at least 4 members (excludes halogenated alkanes) is 12. The Bertz CT molecular complexity index is 1860. The first-order valence-electron chi connectivity index (χ1n) is 19.0. The van der Waals surface area contributed by atoms with Crippen molar-refractivity contribution in [3.63, 3.8) is 0 Å². The minimum absolute atomic E-state index is 0.0286. The lowest BCUT2D eigenvalue weighted by Gasteiger charge is -2.43. The SMILES string of the molecule is CC#CC#CC#CC#CC#CC#CC#CC(=O)OC[C@@H](COP(=O)(O)OC1C(O)[C@H](O)C(OP(=O)(O)O)C(O)[C@@H]1O)OC(=O)CCCCCCCCCCCCCCC. The van der Waals surface area contributed by atoms with Crippen LogP contribution in [0.25, 0.3) is 0 Å². The molecule has 59 heavy (non-hydrogen) atoms. The van der Waals surface area contributed by atoms with E-state index in [2.05, 4.69) is 94.3 Å². The highest BCUT2D eigenvalue weighted by molar-refractivity contribution is 7.47. The molecular weight excluding hydrogens is 810 g/mol. The predicted molar refractivity (Wildman–Crippen MR) is 213 cm³/mol. The Hall–Kier alpha value is -4.08. The smallest absolute Gasteiger partial charge is 0.456 e. The van der Waals surface area contributed by atoms with Gasteiger partial charge in [-0.3, -0.25) is 18.4 Å². The summed E-state index contributed by atoms with van der Waals surface area (Å²) in [4.78, 5) is 53.3. The summed E-state index contributed by atoms with van der Waals surface area (Å²) < 4.78 is 48.3. The van der Waals surface area contributed by atoms with Gasteiger partial charge in [0.05, 0.1) is 6.61 Å². The second kappa shape index (κ2) is 30.9. The second-order valence-electron chi connectivity index (χ2n) is 12.9. The van der Waals surface area contributed by atoms with E-state index in [4.69, 9.17) is 28.3 Å². The van der Waals surface area contributed by atoms with Crippen LogP contribution in [0, 0.1) is 82.9 Å². The number of ether oxygens (including phenoxy) is 2. The van der Waals surface area contributed by atoms with Gasteiger partial charge >= 0.3 is 27.6 Å². The maximum absolute atomic E-state index is 12.8. The van der Waals surface area contributed by atoms with Gasteiger partial charge in [0.15, 0.2) is 6.10 Å². The molecule has 1 aliphatic rings. The average Bonchev–Trinajstić information content (AvgIpc) is 3.18. The van der Waals surface area contributed by atoms with Crippen molar-refractivity contribution in [3.05, 3.63) is 0 Å². The molecule has 0 aliphatic heterocycles. The van der Waals surface area contributed by atoms with Crippen molar-refractivity contribution in [3.8, 4) is 82.9 Å². The molecule has 0 aromatic rings. The Morgan fingerprint density at radius 3 is 1.42 bits per heavy atom. The van der Waals surface area contributed by atoms with E-state index in [-0.39, 0.29) is 6.42 Å². The molecule has 0 spiro atoms. The number of phosphoric ester groups is 2. The lowest BCUT2D eigenvalue weighted by Crippen LogP contribution is -2.64. The molecular formula is C41H52O16P2. The number of carbonyl (C=O) groups excluding carboxylic acids is 2. The molecule has 0 bridgehead atoms. The average molecular weight is 863 g/mol. The van der Waals surface area contributed by atoms with Gasteiger partial charge in [-0.1, -0.05) is 89.9 Å². The predicted octanol–water partition coefficient (Wildman–Crippen LogP) is 2.40. The minimum atomic E-state index is -5.34. The Morgan fingerprint density at radius 2 is 0.983 bits per heavy atom. The molecule has 18 heteroatoms. The topological polar surface area (TPSA) is 256 Å². The zero-order valence-electron chi connectivity index (χ0n) is 33.1. The van der Waals surface area contributed by atoms with Gasteiger partial charge in [0.25, 0.3) is 0 Å². The van der Waals surface area contributed by atoms with E-state index in [0.717, 1.165) is 32.1 Å². The number of carbonyl (C=O) groups is 2. The number of hydrogen-bond donors (Lipinski definition) is 7. The first kappa shape index (κ1) is 52.9. The Kier molecular flexibility index (Phi) is 27.7. The summed E-state index contributed by atoms with van der Waals surface area (Å²) in [7, 11) is -10.7. The van der Waals surface area contributed by atoms with Gasteiger partial charge in [-0.15, -0.1) is 0 Å². The summed E-state index contributed by atoms with van der Waals surface area (Å²) in [5.74, 6) is 31.6. The molecule has 16 nitrogen and oxygen atoms in total. The molecule has 1 rings (SSSR count). The van der Waals surface area contributed by atoms with E-state index >= 15 is 0 Å². The monoisotopic (exact) mass is 862 g/mol. The molecule has 322 valence electrons. The van der Waals surface area contributed by atoms with Crippen molar-refractivity contribution in [2.75, 3.05) is 13.2 Å². The molecule has 0 radical (unpaired) electrons. The number of aliphatic hydroxyl groups excluding tert-OH is 4. The van der Waals surface area contributed by atoms with E-state index in [0.29, 0.717) is 6.42 Å². The van der Waals surface area contributed by atoms with Crippen molar-refractivity contribution in [2.45, 2.75) is 146 Å². The molecule has 0 aromatic carbocycles. The minimum Gasteiger partial charge on any atom is -0.456 e. The van der Waals surface area contributed by atoms with Crippen molar-refractivity contribution in [1.29, 1.82) is 0 Å². The van der Waals surface area contributed by atoms with Crippen molar-refractivity contribution in [2.24, 2.45) is 0 Å². The summed E-state index contributed by atoms with van der Waals surface area (Å²) in [6.45, 7) is 2.18. The highest BCUT2D eigenvalue weighted by atomic mass is 31.2. The molecule has 5 unspecified atom stereocenters. The summed E-state index contributed by atoms with van der Waals surface area (Å²) in [5.41, 5.74) is 0. The van der Waals surface area contributed by atoms with Gasteiger partial charge in [-0.05, 0) is 84.4 Å². The van der Waals surface area contributed by atoms with Gasteiger partial charge in [0, 0.05) is 12.3 Å². The van der Waals surface area contributed by atoms with Crippen molar-refractivity contribution in [1.82, 2.24) is 0 Å². The largest absolute Gasteiger partial charge is 0.472 e. The fourth-order valence-corrected chi connectivity index (χ4v) is 6.80. The fourth-order valence-electron chi connectivity index (χ4n) is 5.26. The van der Waals surface area contributed by atoms with Crippen LogP contribution in [-0.4, -0.2) is 103 Å². The molecule has 0 aromatic heterocycles. The maximum atomic E-state index is 12.8. The van der Waals surface area contributed by atoms with E-state index in [9.17, 15) is 44.0 Å². The van der Waals surface area contributed by atoms with E-state index in [1.807, 2.05) is 0 Å². The summed E-state index contributed by atoms with van der Waals surface area (Å²) in [6.07, 6.45) is -1.07. The number of esters is 2. The normalized spacial score (nSPS) is 20.6. The van der Waals surface area contributed by atoms with Crippen LogP contribution in [0.3, 0.4) is 0 Å². The molecule has 1 aliphatic carbocycles. The summed E-state index contributed by atoms with van der Waals surface area (Å²) in [5, 5.41) is 41.2. The fraction of sp³-hybridized carbons (Fsp3) is 0.610. The van der Waals surface area contributed by atoms with Crippen molar-refractivity contribution < 1.29 is 76.9 Å². The molecule has 7 N–H and O–H groups in total. The number of aliphatic hydroxyl groups is 4. The van der Waals surface area contributed by atoms with Gasteiger partial charge in [0.1, 0.15) is 43.2 Å². The Labute approximate surface area is 346 Å². The molecule has 0 saturated heterocycles. The maximum Gasteiger partial charge on any atom is 0.472 e. The van der Waals surface area contributed by atoms with Crippen LogP contribution < -0.4 is 0 Å². The molecule has 0 heterocycles. The standard InChI is InChI=1S/C41H52O16P2/c1-3-5-7-9-11-13-15-17-19-21-23-25-27-29-34(42)53-31-33(55-35(43)30-28-26-24-22-20-18-16-14-12-10-8-6-4-2)32-54-59(51,52)57-41-38(46)36(44)40(37(45)39(41)47)56-58(48,49)50/h33,36-41,44-47H,4,6,8,10,12,14,16,18,20,22,24,26,28,30-32H2,1-2H3,(H,51,52)(H2,48,49,50)/t33-,36-,37?,38?,39-,40?,41?/m0/s1. The quantitative estimate of drug-likeness (QED) is 0.0242. The highest BCUT2D eigenvalue weighted by Gasteiger charge is 2.54. The van der Waals surface area contributed by atoms with Crippen LogP contribution in [0.5, 0.6) is 0 Å². The lowest BCUT2D eigenvalue weighted by molar-refractivity contribution is -0.216. The molecule has 1 fully saturated rings. The van der Waals surface area contributed by atoms with Gasteiger partial charge < -0.3 is 44.6 Å². The third kappa shape index (κ3) is 25.9. The first-order chi connectivity index (χ1) is 28.1. The zero-order valence-corrected chi connectivity index (χ0v) is 34.8. The Balaban J connectivity index is 2.82. The van der Waals surface area contributed by atoms with E-state index in [1.165, 1.54) is 44.9 Å². The van der Waals surface area contributed by atoms with Crippen LogP contribution in [0.2, 0.25) is 0 Å². The number of hydrogen-bond acceptors (Lipinski definition) is 13. The highest BCUT2D eigenvalue weighted by Crippen LogP contribution is 2.48. The molecule has 0 amide bonds. The van der Waals surface area contributed by atoms with Gasteiger partial charge in [-0.2, -0.15) is 0 Å². The lowest BCUT2D eigenvalue weighted by atomic mass is 9.85. The van der Waals surface area contributed by atoms with Crippen LogP contribution in [-0.2, 0) is 41.8 Å². The second-order valence-corrected chi connectivity index (χ2v) is 15.5. The zero-order chi connectivity index (χ0) is 43.9. The van der Waals surface area contributed by atoms with Crippen LogP contribution in [0.1, 0.15) is 104 Å². The van der Waals surface area contributed by atoms with E-state index < -0.39 is 83.5 Å². The van der Waals surface area contributed by atoms with Gasteiger partial charge in [0.2, 0.25) is 0 Å². The molecule has 8 atom stereocenters. The third-order valence-electron chi connectivity index (χ3n) is 8.14. The third-order valence-corrected chi connectivity index (χ3v) is 9.65. The van der Waals surface area contributed by atoms with Crippen LogP contribution in [0.15, 0.2) is 0 Å². The first-order valence-corrected chi connectivity index (χ1v) is 22.0. The summed E-state index contributed by atoms with van der Waals surface area (Å²) >= 11 is 0. The molecule has 1 saturated carbocycles. The number of phosphoric acid groups is 2. The van der Waals surface area contributed by atoms with Gasteiger partial charge in [-0.25, -0.2) is 13.9 Å². The van der Waals surface area contributed by atoms with Crippen LogP contribution >= 0.6 is 15.6 Å². The number of rotatable bonds is 24. The van der Waals surface area contributed by atoms with Crippen LogP contribution in [0.4, 0.5) is 0 Å².